The molecule has 1 aliphatic carbocycles. The van der Waals surface area contributed by atoms with E-state index in [-0.39, 0.29) is 5.91 Å². The Morgan fingerprint density at radius 2 is 1.93 bits per heavy atom. The second-order valence-corrected chi connectivity index (χ2v) is 8.48. The summed E-state index contributed by atoms with van der Waals surface area (Å²) in [5.74, 6) is 2.40. The Bertz CT molecular complexity index is 1080. The number of hydrogen-bond acceptors (Lipinski definition) is 6. The zero-order valence-electron chi connectivity index (χ0n) is 17.8. The first-order chi connectivity index (χ1) is 14.5. The average molecular weight is 427 g/mol. The molecule has 1 aromatic carbocycles. The highest BCUT2D eigenvalue weighted by Crippen LogP contribution is 2.40. The second kappa shape index (κ2) is 8.52. The van der Waals surface area contributed by atoms with Gasteiger partial charge in [-0.25, -0.2) is 4.98 Å². The molecule has 2 aromatic heterocycles. The van der Waals surface area contributed by atoms with Gasteiger partial charge in [0.2, 0.25) is 0 Å². The molecule has 1 aliphatic rings. The molecule has 0 bridgehead atoms. The van der Waals surface area contributed by atoms with Gasteiger partial charge in [0.25, 0.3) is 5.91 Å². The molecule has 6 nitrogen and oxygen atoms in total. The van der Waals surface area contributed by atoms with Gasteiger partial charge in [-0.2, -0.15) is 0 Å². The number of aryl methyl sites for hydroxylation is 3. The van der Waals surface area contributed by atoms with Crippen molar-refractivity contribution in [3.8, 4) is 22.8 Å². The van der Waals surface area contributed by atoms with Crippen LogP contribution in [-0.4, -0.2) is 24.1 Å². The van der Waals surface area contributed by atoms with Crippen molar-refractivity contribution in [3.63, 3.8) is 0 Å². The summed E-state index contributed by atoms with van der Waals surface area (Å²) in [6, 6.07) is 5.70. The van der Waals surface area contributed by atoms with Crippen LogP contribution in [0.3, 0.4) is 0 Å². The van der Waals surface area contributed by atoms with Crippen molar-refractivity contribution in [1.82, 2.24) is 10.3 Å². The summed E-state index contributed by atoms with van der Waals surface area (Å²) in [5, 5.41) is 4.01. The van der Waals surface area contributed by atoms with Gasteiger partial charge in [-0.1, -0.05) is 6.07 Å². The van der Waals surface area contributed by atoms with Crippen molar-refractivity contribution in [3.05, 3.63) is 50.7 Å². The molecule has 158 valence electrons. The lowest BCUT2D eigenvalue weighted by molar-refractivity contribution is 0.0920. The van der Waals surface area contributed by atoms with Crippen LogP contribution in [-0.2, 0) is 19.4 Å². The van der Waals surface area contributed by atoms with Gasteiger partial charge in [0, 0.05) is 29.0 Å². The summed E-state index contributed by atoms with van der Waals surface area (Å²) in [6.07, 6.45) is 1.71. The monoisotopic (exact) mass is 426 g/mol. The molecule has 0 saturated heterocycles. The summed E-state index contributed by atoms with van der Waals surface area (Å²) in [7, 11) is 0. The minimum atomic E-state index is -0.220. The minimum absolute atomic E-state index is 0.220. The van der Waals surface area contributed by atoms with E-state index in [4.69, 9.17) is 13.9 Å². The number of rotatable bonds is 7. The number of benzene rings is 1. The number of nitrogens with one attached hydrogen (secondary N) is 1. The Labute approximate surface area is 180 Å². The van der Waals surface area contributed by atoms with E-state index in [1.54, 1.807) is 11.3 Å². The van der Waals surface area contributed by atoms with Crippen molar-refractivity contribution in [2.45, 2.75) is 47.1 Å². The standard InChI is InChI=1S/C23H26N2O4S/c1-5-27-16-8-7-15(11-18(16)28-6-2)12-24-23(26)22-13(3)20-17(29-22)9-10-19-21(20)25-14(4)30-19/h7-8,11H,5-6,9-10,12H2,1-4H3,(H,24,26). The van der Waals surface area contributed by atoms with Crippen LogP contribution in [0.2, 0.25) is 0 Å². The molecule has 0 fully saturated rings. The SMILES string of the molecule is CCOc1ccc(CNC(=O)c2oc3c(c2C)-c2nc(C)sc2CC3)cc1OCC. The Hall–Kier alpha value is -2.80. The van der Waals surface area contributed by atoms with Gasteiger partial charge in [0.15, 0.2) is 17.3 Å². The van der Waals surface area contributed by atoms with Gasteiger partial charge in [-0.3, -0.25) is 4.79 Å². The molecule has 30 heavy (non-hydrogen) atoms. The zero-order chi connectivity index (χ0) is 21.3. The van der Waals surface area contributed by atoms with E-state index >= 15 is 0 Å². The Kier molecular flexibility index (Phi) is 5.81. The first-order valence-electron chi connectivity index (χ1n) is 10.3. The lowest BCUT2D eigenvalue weighted by atomic mass is 9.97. The van der Waals surface area contributed by atoms with Gasteiger partial charge in [0.1, 0.15) is 5.76 Å². The fraction of sp³-hybridized carbons (Fsp3) is 0.391. The maximum Gasteiger partial charge on any atom is 0.287 e. The second-order valence-electron chi connectivity index (χ2n) is 7.19. The molecule has 0 atom stereocenters. The normalized spacial score (nSPS) is 12.3. The fourth-order valence-electron chi connectivity index (χ4n) is 3.80. The molecule has 3 aromatic rings. The molecule has 0 unspecified atom stereocenters. The van der Waals surface area contributed by atoms with E-state index < -0.39 is 0 Å². The molecule has 1 amide bonds. The maximum absolute atomic E-state index is 12.9. The summed E-state index contributed by atoms with van der Waals surface area (Å²) < 4.78 is 17.2. The average Bonchev–Trinajstić information content (AvgIpc) is 3.27. The van der Waals surface area contributed by atoms with Crippen LogP contribution in [0.15, 0.2) is 22.6 Å². The third-order valence-corrected chi connectivity index (χ3v) is 6.14. The van der Waals surface area contributed by atoms with Crippen LogP contribution in [0.4, 0.5) is 0 Å². The lowest BCUT2D eigenvalue weighted by Crippen LogP contribution is -2.23. The minimum Gasteiger partial charge on any atom is -0.490 e. The van der Waals surface area contributed by atoms with E-state index in [2.05, 4.69) is 10.3 Å². The Balaban J connectivity index is 1.52. The molecule has 1 N–H and O–H groups in total. The number of amides is 1. The smallest absolute Gasteiger partial charge is 0.287 e. The van der Waals surface area contributed by atoms with Gasteiger partial charge in [-0.05, 0) is 51.8 Å². The molecule has 4 rings (SSSR count). The molecule has 0 radical (unpaired) electrons. The van der Waals surface area contributed by atoms with Crippen molar-refractivity contribution < 1.29 is 18.7 Å². The summed E-state index contributed by atoms with van der Waals surface area (Å²) >= 11 is 1.72. The molecule has 2 heterocycles. The predicted molar refractivity (Wildman–Crippen MR) is 117 cm³/mol. The molecular formula is C23H26N2O4S. The highest BCUT2D eigenvalue weighted by molar-refractivity contribution is 7.12. The van der Waals surface area contributed by atoms with E-state index in [0.717, 1.165) is 46.0 Å². The van der Waals surface area contributed by atoms with E-state index in [9.17, 15) is 4.79 Å². The van der Waals surface area contributed by atoms with E-state index in [1.807, 2.05) is 45.9 Å². The van der Waals surface area contributed by atoms with Gasteiger partial charge >= 0.3 is 0 Å². The highest BCUT2D eigenvalue weighted by atomic mass is 32.1. The summed E-state index contributed by atoms with van der Waals surface area (Å²) in [5.41, 5.74) is 3.76. The Morgan fingerprint density at radius 3 is 2.70 bits per heavy atom. The van der Waals surface area contributed by atoms with Gasteiger partial charge in [-0.15, -0.1) is 11.3 Å². The fourth-order valence-corrected chi connectivity index (χ4v) is 4.75. The van der Waals surface area contributed by atoms with Crippen molar-refractivity contribution in [1.29, 1.82) is 0 Å². The number of aromatic nitrogens is 1. The number of furan rings is 1. The van der Waals surface area contributed by atoms with Crippen molar-refractivity contribution >= 4 is 17.2 Å². The van der Waals surface area contributed by atoms with Crippen LogP contribution in [0.1, 0.15) is 51.2 Å². The predicted octanol–water partition coefficient (Wildman–Crippen LogP) is 4.85. The number of carbonyl (C=O) groups is 1. The number of carbonyl (C=O) groups excluding carboxylic acids is 1. The third-order valence-electron chi connectivity index (χ3n) is 5.11. The van der Waals surface area contributed by atoms with Crippen LogP contribution in [0.5, 0.6) is 11.5 Å². The third kappa shape index (κ3) is 3.81. The van der Waals surface area contributed by atoms with Crippen LogP contribution in [0, 0.1) is 13.8 Å². The number of nitrogens with zero attached hydrogens (tertiary/aromatic N) is 1. The van der Waals surface area contributed by atoms with Crippen LogP contribution < -0.4 is 14.8 Å². The van der Waals surface area contributed by atoms with E-state index in [1.165, 1.54) is 4.88 Å². The van der Waals surface area contributed by atoms with E-state index in [0.29, 0.717) is 37.0 Å². The van der Waals surface area contributed by atoms with Gasteiger partial charge < -0.3 is 19.2 Å². The molecular weight excluding hydrogens is 400 g/mol. The highest BCUT2D eigenvalue weighted by Gasteiger charge is 2.29. The number of thiazole rings is 1. The van der Waals surface area contributed by atoms with Crippen molar-refractivity contribution in [2.75, 3.05) is 13.2 Å². The molecule has 7 heteroatoms. The van der Waals surface area contributed by atoms with Gasteiger partial charge in [0.05, 0.1) is 23.9 Å². The summed E-state index contributed by atoms with van der Waals surface area (Å²) in [4.78, 5) is 18.8. The first kappa shape index (κ1) is 20.5. The molecule has 0 aliphatic heterocycles. The first-order valence-corrected chi connectivity index (χ1v) is 11.1. The zero-order valence-corrected chi connectivity index (χ0v) is 18.6. The van der Waals surface area contributed by atoms with Crippen LogP contribution >= 0.6 is 11.3 Å². The topological polar surface area (TPSA) is 73.6 Å². The number of hydrogen-bond donors (Lipinski definition) is 1. The molecule has 0 saturated carbocycles. The lowest BCUT2D eigenvalue weighted by Gasteiger charge is -2.12. The largest absolute Gasteiger partial charge is 0.490 e. The van der Waals surface area contributed by atoms with Crippen molar-refractivity contribution in [2.24, 2.45) is 0 Å². The maximum atomic E-state index is 12.9. The Morgan fingerprint density at radius 1 is 1.17 bits per heavy atom. The van der Waals surface area contributed by atoms with Crippen LogP contribution in [0.25, 0.3) is 11.3 Å². The summed E-state index contributed by atoms with van der Waals surface area (Å²) in [6.45, 7) is 9.30. The molecule has 0 spiro atoms. The number of fused-ring (bicyclic) bond motifs is 3. The quantitative estimate of drug-likeness (QED) is 0.585. The number of ether oxygens (including phenoxy) is 2.